The topological polar surface area (TPSA) is 38.8 Å². The number of carbonyl (C=O) groups excluding carboxylic acids is 1. The van der Waals surface area contributed by atoms with Crippen LogP contribution in [0.5, 0.6) is 11.5 Å². The van der Waals surface area contributed by atoms with Gasteiger partial charge in [0, 0.05) is 0 Å². The summed E-state index contributed by atoms with van der Waals surface area (Å²) in [6, 6.07) is 13.7. The minimum atomic E-state index is -0.0716. The maximum absolute atomic E-state index is 12.8. The molecule has 0 aromatic heterocycles. The molecule has 1 saturated heterocycles. The van der Waals surface area contributed by atoms with Gasteiger partial charge in [0.15, 0.2) is 11.5 Å². The largest absolute Gasteiger partial charge is 0.492 e. The van der Waals surface area contributed by atoms with Gasteiger partial charge in [0.25, 0.3) is 5.91 Å². The van der Waals surface area contributed by atoms with E-state index >= 15 is 0 Å². The molecule has 2 aromatic carbocycles. The lowest BCUT2D eigenvalue weighted by Crippen LogP contribution is -2.27. The van der Waals surface area contributed by atoms with Crippen LogP contribution in [0.25, 0.3) is 6.08 Å². The van der Waals surface area contributed by atoms with Crippen molar-refractivity contribution in [2.24, 2.45) is 0 Å². The van der Waals surface area contributed by atoms with Gasteiger partial charge in [0.1, 0.15) is 4.32 Å². The molecule has 0 saturated carbocycles. The number of carbonyl (C=O) groups is 1. The summed E-state index contributed by atoms with van der Waals surface area (Å²) in [5.41, 5.74) is 1.93. The van der Waals surface area contributed by atoms with Crippen LogP contribution in [-0.2, 0) is 11.3 Å². The van der Waals surface area contributed by atoms with E-state index in [0.29, 0.717) is 33.9 Å². The summed E-state index contributed by atoms with van der Waals surface area (Å²) >= 11 is 8.95. The molecule has 0 bridgehead atoms. The molecule has 3 rings (SSSR count). The lowest BCUT2D eigenvalue weighted by molar-refractivity contribution is -0.122. The number of rotatable bonds is 6. The number of thioether (sulfide) groups is 1. The fourth-order valence-electron chi connectivity index (χ4n) is 2.69. The van der Waals surface area contributed by atoms with Crippen LogP contribution in [-0.4, -0.2) is 28.8 Å². The number of hydrogen-bond acceptors (Lipinski definition) is 5. The third-order valence-electron chi connectivity index (χ3n) is 3.89. The van der Waals surface area contributed by atoms with Crippen molar-refractivity contribution in [3.8, 4) is 11.5 Å². The van der Waals surface area contributed by atoms with Crippen LogP contribution in [0.4, 0.5) is 0 Å². The number of hydrogen-bond donors (Lipinski definition) is 0. The lowest BCUT2D eigenvalue weighted by atomic mass is 10.1. The van der Waals surface area contributed by atoms with Gasteiger partial charge in [0.05, 0.1) is 28.7 Å². The highest BCUT2D eigenvalue weighted by molar-refractivity contribution is 14.1. The second kappa shape index (κ2) is 9.07. The van der Waals surface area contributed by atoms with Crippen LogP contribution < -0.4 is 9.47 Å². The molecule has 7 heteroatoms. The average Bonchev–Trinajstić information content (AvgIpc) is 2.90. The maximum atomic E-state index is 12.8. The highest BCUT2D eigenvalue weighted by Gasteiger charge is 2.32. The maximum Gasteiger partial charge on any atom is 0.266 e. The fraction of sp³-hybridized carbons (Fsp3) is 0.200. The van der Waals surface area contributed by atoms with Gasteiger partial charge in [-0.3, -0.25) is 9.69 Å². The summed E-state index contributed by atoms with van der Waals surface area (Å²) < 4.78 is 12.6. The van der Waals surface area contributed by atoms with Crippen molar-refractivity contribution < 1.29 is 14.3 Å². The van der Waals surface area contributed by atoms with Crippen molar-refractivity contribution in [1.29, 1.82) is 0 Å². The molecule has 0 spiro atoms. The van der Waals surface area contributed by atoms with E-state index < -0.39 is 0 Å². The van der Waals surface area contributed by atoms with E-state index in [9.17, 15) is 4.79 Å². The Bertz CT molecular complexity index is 900. The Labute approximate surface area is 182 Å². The molecular weight excluding hydrogens is 493 g/mol. The number of ether oxygens (including phenoxy) is 2. The quantitative estimate of drug-likeness (QED) is 0.307. The molecule has 4 nitrogen and oxygen atoms in total. The number of methoxy groups -OCH3 is 1. The molecule has 1 amide bonds. The predicted octanol–water partition coefficient (Wildman–Crippen LogP) is 5.10. The molecule has 27 heavy (non-hydrogen) atoms. The molecule has 140 valence electrons. The normalized spacial score (nSPS) is 15.5. The molecule has 0 atom stereocenters. The first-order valence-electron chi connectivity index (χ1n) is 8.33. The number of halogens is 1. The predicted molar refractivity (Wildman–Crippen MR) is 122 cm³/mol. The Kier molecular flexibility index (Phi) is 6.78. The van der Waals surface area contributed by atoms with Gasteiger partial charge in [-0.05, 0) is 58.9 Å². The first-order valence-corrected chi connectivity index (χ1v) is 10.6. The Hall–Kier alpha value is -1.58. The summed E-state index contributed by atoms with van der Waals surface area (Å²) in [6.07, 6.45) is 1.86. The fourth-order valence-corrected chi connectivity index (χ4v) is 4.79. The van der Waals surface area contributed by atoms with Crippen molar-refractivity contribution >= 4 is 62.9 Å². The summed E-state index contributed by atoms with van der Waals surface area (Å²) in [4.78, 5) is 15.1. The minimum absolute atomic E-state index is 0.0716. The van der Waals surface area contributed by atoms with Crippen molar-refractivity contribution in [2.45, 2.75) is 13.5 Å². The Morgan fingerprint density at radius 3 is 2.67 bits per heavy atom. The Morgan fingerprint density at radius 2 is 2.00 bits per heavy atom. The van der Waals surface area contributed by atoms with Gasteiger partial charge in [-0.25, -0.2) is 0 Å². The first kappa shape index (κ1) is 20.2. The summed E-state index contributed by atoms with van der Waals surface area (Å²) in [5.74, 6) is 1.29. The number of amides is 1. The van der Waals surface area contributed by atoms with Crippen LogP contribution in [0.3, 0.4) is 0 Å². The van der Waals surface area contributed by atoms with E-state index in [-0.39, 0.29) is 5.91 Å². The summed E-state index contributed by atoms with van der Waals surface area (Å²) in [5, 5.41) is 0. The second-order valence-corrected chi connectivity index (χ2v) is 8.56. The van der Waals surface area contributed by atoms with E-state index in [4.69, 9.17) is 21.7 Å². The smallest absolute Gasteiger partial charge is 0.266 e. The molecule has 0 aliphatic carbocycles. The Balaban J connectivity index is 1.87. The molecule has 0 N–H and O–H groups in total. The molecular formula is C20H18INO3S2. The molecule has 1 aliphatic rings. The molecule has 1 aliphatic heterocycles. The summed E-state index contributed by atoms with van der Waals surface area (Å²) in [6.45, 7) is 2.94. The van der Waals surface area contributed by atoms with E-state index in [0.717, 1.165) is 14.7 Å². The van der Waals surface area contributed by atoms with Crippen LogP contribution in [0.15, 0.2) is 47.4 Å². The van der Waals surface area contributed by atoms with Crippen LogP contribution >= 0.6 is 46.6 Å². The highest BCUT2D eigenvalue weighted by Crippen LogP contribution is 2.37. The van der Waals surface area contributed by atoms with Crippen molar-refractivity contribution in [1.82, 2.24) is 4.90 Å². The number of nitrogens with zero attached hydrogens (tertiary/aromatic N) is 1. The number of thiocarbonyl (C=S) groups is 1. The minimum Gasteiger partial charge on any atom is -0.492 e. The van der Waals surface area contributed by atoms with Gasteiger partial charge in [-0.15, -0.1) is 0 Å². The monoisotopic (exact) mass is 511 g/mol. The van der Waals surface area contributed by atoms with Crippen molar-refractivity contribution in [2.75, 3.05) is 13.7 Å². The van der Waals surface area contributed by atoms with Gasteiger partial charge in [-0.2, -0.15) is 0 Å². The third-order valence-corrected chi connectivity index (χ3v) is 6.07. The molecule has 2 aromatic rings. The van der Waals surface area contributed by atoms with Crippen molar-refractivity contribution in [3.63, 3.8) is 0 Å². The van der Waals surface area contributed by atoms with E-state index in [1.54, 1.807) is 12.0 Å². The first-order chi connectivity index (χ1) is 13.0. The molecule has 0 radical (unpaired) electrons. The molecule has 1 heterocycles. The Morgan fingerprint density at radius 1 is 1.26 bits per heavy atom. The summed E-state index contributed by atoms with van der Waals surface area (Å²) in [7, 11) is 1.62. The average molecular weight is 511 g/mol. The molecule has 1 fully saturated rings. The number of benzene rings is 2. The SMILES string of the molecule is CCOc1cc(/C=C2/SC(=S)N(Cc3ccccc3)C2=O)cc(I)c1OC. The van der Waals surface area contributed by atoms with Gasteiger partial charge in [0.2, 0.25) is 0 Å². The van der Waals surface area contributed by atoms with Gasteiger partial charge in [-0.1, -0.05) is 54.3 Å². The zero-order chi connectivity index (χ0) is 19.4. The van der Waals surface area contributed by atoms with E-state index in [1.807, 2.05) is 55.5 Å². The zero-order valence-electron chi connectivity index (χ0n) is 14.9. The van der Waals surface area contributed by atoms with E-state index in [2.05, 4.69) is 22.6 Å². The van der Waals surface area contributed by atoms with Gasteiger partial charge >= 0.3 is 0 Å². The highest BCUT2D eigenvalue weighted by atomic mass is 127. The standard InChI is InChI=1S/C20H18INO3S2/c1-3-25-16-10-14(9-15(21)18(16)24-2)11-17-19(23)22(20(26)27-17)12-13-7-5-4-6-8-13/h4-11H,3,12H2,1-2H3/b17-11+. The molecule has 0 unspecified atom stereocenters. The van der Waals surface area contributed by atoms with Crippen LogP contribution in [0.2, 0.25) is 0 Å². The van der Waals surface area contributed by atoms with E-state index in [1.165, 1.54) is 11.8 Å². The second-order valence-electron chi connectivity index (χ2n) is 5.72. The van der Waals surface area contributed by atoms with Crippen molar-refractivity contribution in [3.05, 3.63) is 62.1 Å². The lowest BCUT2D eigenvalue weighted by Gasteiger charge is -2.14. The van der Waals surface area contributed by atoms with Crippen LogP contribution in [0.1, 0.15) is 18.1 Å². The zero-order valence-corrected chi connectivity index (χ0v) is 18.7. The van der Waals surface area contributed by atoms with Gasteiger partial charge < -0.3 is 9.47 Å². The third kappa shape index (κ3) is 4.64. The van der Waals surface area contributed by atoms with Crippen LogP contribution in [0, 0.1) is 3.57 Å².